The molecule has 0 atom stereocenters. The molecule has 0 heterocycles. The topological polar surface area (TPSA) is 26.3 Å². The lowest BCUT2D eigenvalue weighted by Crippen LogP contribution is -2.09. The van der Waals surface area contributed by atoms with Crippen LogP contribution in [0.25, 0.3) is 0 Å². The van der Waals surface area contributed by atoms with Gasteiger partial charge in [0.25, 0.3) is 0 Å². The molecule has 0 saturated heterocycles. The third-order valence-corrected chi connectivity index (χ3v) is 1.03. The first-order valence-corrected chi connectivity index (χ1v) is 4.42. The highest BCUT2D eigenvalue weighted by Crippen LogP contribution is 1.90. The average Bonchev–Trinajstić information content (AvgIpc) is 2.04. The minimum Gasteiger partial charge on any atom is -0.463 e. The first-order chi connectivity index (χ1) is 5.58. The summed E-state index contributed by atoms with van der Waals surface area (Å²) in [7, 11) is 0. The van der Waals surface area contributed by atoms with Gasteiger partial charge in [-0.25, -0.2) is 0 Å². The Kier molecular flexibility index (Phi) is 12.3. The molecule has 0 saturated carbocycles. The number of esters is 1. The Labute approximate surface area is 79.6 Å². The fourth-order valence-electron chi connectivity index (χ4n) is 0.346. The molecule has 0 aromatic rings. The van der Waals surface area contributed by atoms with Crippen LogP contribution >= 0.6 is 11.6 Å². The Morgan fingerprint density at radius 3 is 2.08 bits per heavy atom. The molecule has 3 heteroatoms. The van der Waals surface area contributed by atoms with E-state index in [0.717, 1.165) is 0 Å². The molecule has 0 spiro atoms. The fraction of sp³-hybridized carbons (Fsp3) is 0.667. The molecule has 0 aromatic carbocycles. The zero-order valence-corrected chi connectivity index (χ0v) is 8.89. The van der Waals surface area contributed by atoms with Crippen LogP contribution < -0.4 is 0 Å². The molecule has 0 radical (unpaired) electrons. The second kappa shape index (κ2) is 10.5. The molecule has 0 bridgehead atoms. The molecule has 0 amide bonds. The highest BCUT2D eigenvalue weighted by Gasteiger charge is 1.98. The van der Waals surface area contributed by atoms with Crippen molar-refractivity contribution < 1.29 is 9.53 Å². The van der Waals surface area contributed by atoms with Crippen molar-refractivity contribution in [3.63, 3.8) is 0 Å². The van der Waals surface area contributed by atoms with Gasteiger partial charge in [0.15, 0.2) is 0 Å². The highest BCUT2D eigenvalue weighted by atomic mass is 35.5. The SMILES string of the molecule is CC=CCl.CCC(=O)OC(C)C. The Bertz CT molecular complexity index is 126. The summed E-state index contributed by atoms with van der Waals surface area (Å²) in [6.07, 6.45) is 2.27. The van der Waals surface area contributed by atoms with Crippen molar-refractivity contribution in [1.29, 1.82) is 0 Å². The van der Waals surface area contributed by atoms with E-state index in [0.29, 0.717) is 6.42 Å². The van der Waals surface area contributed by atoms with Crippen molar-refractivity contribution in [1.82, 2.24) is 0 Å². The van der Waals surface area contributed by atoms with Crippen LogP contribution in [0.4, 0.5) is 0 Å². The van der Waals surface area contributed by atoms with Crippen LogP contribution in [0.2, 0.25) is 0 Å². The number of carbonyl (C=O) groups is 1. The summed E-state index contributed by atoms with van der Waals surface area (Å²) in [6, 6.07) is 0. The molecular formula is C9H17ClO2. The van der Waals surface area contributed by atoms with Crippen LogP contribution in [0, 0.1) is 0 Å². The van der Waals surface area contributed by atoms with Crippen molar-refractivity contribution in [3.05, 3.63) is 11.6 Å². The lowest BCUT2D eigenvalue weighted by molar-refractivity contribution is -0.146. The molecule has 2 nitrogen and oxygen atoms in total. The largest absolute Gasteiger partial charge is 0.463 e. The number of hydrogen-bond acceptors (Lipinski definition) is 2. The minimum atomic E-state index is -0.125. The van der Waals surface area contributed by atoms with E-state index in [-0.39, 0.29) is 12.1 Å². The Balaban J connectivity index is 0. The maximum Gasteiger partial charge on any atom is 0.305 e. The summed E-state index contributed by atoms with van der Waals surface area (Å²) in [5.41, 5.74) is 1.47. The van der Waals surface area contributed by atoms with E-state index in [1.807, 2.05) is 20.8 Å². The molecule has 0 unspecified atom stereocenters. The van der Waals surface area contributed by atoms with Crippen molar-refractivity contribution in [3.8, 4) is 0 Å². The van der Waals surface area contributed by atoms with Gasteiger partial charge >= 0.3 is 5.97 Å². The monoisotopic (exact) mass is 192 g/mol. The molecule has 0 aromatic heterocycles. The zero-order chi connectivity index (χ0) is 9.98. The van der Waals surface area contributed by atoms with E-state index in [1.165, 1.54) is 5.54 Å². The van der Waals surface area contributed by atoms with Crippen molar-refractivity contribution in [2.75, 3.05) is 0 Å². The third-order valence-electron chi connectivity index (χ3n) is 0.782. The van der Waals surface area contributed by atoms with Gasteiger partial charge in [0.2, 0.25) is 0 Å². The molecule has 0 fully saturated rings. The zero-order valence-electron chi connectivity index (χ0n) is 8.13. The smallest absolute Gasteiger partial charge is 0.305 e. The first kappa shape index (κ1) is 14.0. The second-order valence-electron chi connectivity index (χ2n) is 2.35. The van der Waals surface area contributed by atoms with Gasteiger partial charge in [0.05, 0.1) is 6.10 Å². The number of halogens is 1. The van der Waals surface area contributed by atoms with Gasteiger partial charge in [0.1, 0.15) is 0 Å². The van der Waals surface area contributed by atoms with E-state index in [9.17, 15) is 4.79 Å². The highest BCUT2D eigenvalue weighted by molar-refractivity contribution is 6.25. The van der Waals surface area contributed by atoms with Crippen molar-refractivity contribution in [2.45, 2.75) is 40.2 Å². The van der Waals surface area contributed by atoms with Crippen LogP contribution in [0.1, 0.15) is 34.1 Å². The fourth-order valence-corrected chi connectivity index (χ4v) is 0.346. The van der Waals surface area contributed by atoms with Crippen LogP contribution in [0.5, 0.6) is 0 Å². The van der Waals surface area contributed by atoms with E-state index >= 15 is 0 Å². The predicted octanol–water partition coefficient (Wildman–Crippen LogP) is 3.11. The van der Waals surface area contributed by atoms with Crippen LogP contribution in [0.3, 0.4) is 0 Å². The van der Waals surface area contributed by atoms with E-state index < -0.39 is 0 Å². The standard InChI is InChI=1S/C6H12O2.C3H5Cl/c1-4-6(7)8-5(2)3;1-2-3-4/h5H,4H2,1-3H3;2-3H,1H3. The first-order valence-electron chi connectivity index (χ1n) is 3.99. The van der Waals surface area contributed by atoms with Gasteiger partial charge in [0, 0.05) is 6.42 Å². The Morgan fingerprint density at radius 2 is 2.00 bits per heavy atom. The lowest BCUT2D eigenvalue weighted by atomic mass is 10.4. The van der Waals surface area contributed by atoms with Crippen LogP contribution in [-0.2, 0) is 9.53 Å². The van der Waals surface area contributed by atoms with Gasteiger partial charge in [-0.15, -0.1) is 0 Å². The molecular weight excluding hydrogens is 176 g/mol. The van der Waals surface area contributed by atoms with E-state index in [4.69, 9.17) is 16.3 Å². The molecule has 0 aliphatic rings. The lowest BCUT2D eigenvalue weighted by Gasteiger charge is -2.04. The van der Waals surface area contributed by atoms with Gasteiger partial charge in [-0.1, -0.05) is 24.6 Å². The summed E-state index contributed by atoms with van der Waals surface area (Å²) in [6.45, 7) is 7.33. The molecule has 0 N–H and O–H groups in total. The van der Waals surface area contributed by atoms with Gasteiger partial charge in [-0.2, -0.15) is 0 Å². The maximum atomic E-state index is 10.4. The summed E-state index contributed by atoms with van der Waals surface area (Å²) in [4.78, 5) is 10.4. The minimum absolute atomic E-state index is 0.0300. The summed E-state index contributed by atoms with van der Waals surface area (Å²) < 4.78 is 4.76. The molecule has 12 heavy (non-hydrogen) atoms. The van der Waals surface area contributed by atoms with E-state index in [2.05, 4.69) is 0 Å². The molecule has 0 aliphatic heterocycles. The van der Waals surface area contributed by atoms with E-state index in [1.54, 1.807) is 13.0 Å². The molecule has 0 aliphatic carbocycles. The summed E-state index contributed by atoms with van der Waals surface area (Å²) >= 11 is 5.01. The molecule has 72 valence electrons. The Hall–Kier alpha value is -0.500. The second-order valence-corrected chi connectivity index (χ2v) is 2.60. The van der Waals surface area contributed by atoms with Gasteiger partial charge < -0.3 is 4.74 Å². The predicted molar refractivity (Wildman–Crippen MR) is 52.2 cm³/mol. The number of carbonyl (C=O) groups excluding carboxylic acids is 1. The maximum absolute atomic E-state index is 10.4. The number of allylic oxidation sites excluding steroid dienone is 1. The normalized spacial score (nSPS) is 9.50. The van der Waals surface area contributed by atoms with Crippen LogP contribution in [0.15, 0.2) is 11.6 Å². The number of ether oxygens (including phenoxy) is 1. The average molecular weight is 193 g/mol. The number of hydrogen-bond donors (Lipinski definition) is 0. The molecule has 0 rings (SSSR count). The van der Waals surface area contributed by atoms with Crippen molar-refractivity contribution in [2.24, 2.45) is 0 Å². The summed E-state index contributed by atoms with van der Waals surface area (Å²) in [5, 5.41) is 0. The Morgan fingerprint density at radius 1 is 1.58 bits per heavy atom. The summed E-state index contributed by atoms with van der Waals surface area (Å²) in [5.74, 6) is -0.125. The quantitative estimate of drug-likeness (QED) is 0.629. The van der Waals surface area contributed by atoms with Crippen LogP contribution in [-0.4, -0.2) is 12.1 Å². The van der Waals surface area contributed by atoms with Crippen molar-refractivity contribution >= 4 is 17.6 Å². The number of rotatable bonds is 2. The van der Waals surface area contributed by atoms with Gasteiger partial charge in [-0.3, -0.25) is 4.79 Å². The third kappa shape index (κ3) is 16.2. The van der Waals surface area contributed by atoms with Gasteiger partial charge in [-0.05, 0) is 26.3 Å².